The van der Waals surface area contributed by atoms with Crippen molar-refractivity contribution >= 4 is 17.7 Å². The van der Waals surface area contributed by atoms with Crippen LogP contribution in [0.3, 0.4) is 0 Å². The van der Waals surface area contributed by atoms with E-state index >= 15 is 0 Å². The Labute approximate surface area is 178 Å². The van der Waals surface area contributed by atoms with Crippen molar-refractivity contribution in [3.63, 3.8) is 0 Å². The summed E-state index contributed by atoms with van der Waals surface area (Å²) in [6.45, 7) is 6.78. The molecule has 0 N–H and O–H groups in total. The van der Waals surface area contributed by atoms with Gasteiger partial charge in [0.25, 0.3) is 0 Å². The van der Waals surface area contributed by atoms with Crippen LogP contribution < -0.4 is 4.74 Å². The van der Waals surface area contributed by atoms with Crippen LogP contribution in [-0.2, 0) is 23.5 Å². The number of pyridine rings is 1. The van der Waals surface area contributed by atoms with E-state index in [9.17, 15) is 4.79 Å². The Morgan fingerprint density at radius 1 is 1.17 bits per heavy atom. The van der Waals surface area contributed by atoms with Gasteiger partial charge in [-0.1, -0.05) is 24.3 Å². The van der Waals surface area contributed by atoms with E-state index in [1.54, 1.807) is 11.1 Å². The van der Waals surface area contributed by atoms with Crippen molar-refractivity contribution in [2.45, 2.75) is 57.6 Å². The van der Waals surface area contributed by atoms with Crippen LogP contribution in [0.4, 0.5) is 4.79 Å². The fourth-order valence-electron chi connectivity index (χ4n) is 3.20. The van der Waals surface area contributed by atoms with Gasteiger partial charge in [0.15, 0.2) is 0 Å². The second-order valence-electron chi connectivity index (χ2n) is 8.41. The Morgan fingerprint density at radius 2 is 1.93 bits per heavy atom. The average molecular weight is 417 g/mol. The summed E-state index contributed by atoms with van der Waals surface area (Å²) >= 11 is 5.92. The first-order valence-electron chi connectivity index (χ1n) is 10.0. The van der Waals surface area contributed by atoms with Gasteiger partial charge in [-0.05, 0) is 62.8 Å². The number of alkyl halides is 1. The summed E-state index contributed by atoms with van der Waals surface area (Å²) < 4.78 is 11.4. The second kappa shape index (κ2) is 9.49. The van der Waals surface area contributed by atoms with E-state index in [-0.39, 0.29) is 12.1 Å². The Balaban J connectivity index is 1.50. The Bertz CT molecular complexity index is 835. The molecule has 5 nitrogen and oxygen atoms in total. The lowest BCUT2D eigenvalue weighted by Crippen LogP contribution is -2.55. The third-order valence-electron chi connectivity index (χ3n) is 4.83. The van der Waals surface area contributed by atoms with Gasteiger partial charge in [0.05, 0.1) is 12.2 Å². The number of halogens is 1. The lowest BCUT2D eigenvalue weighted by molar-refractivity contribution is -0.0141. The number of nitrogens with zero attached hydrogens (tertiary/aromatic N) is 2. The van der Waals surface area contributed by atoms with Crippen LogP contribution in [0.25, 0.3) is 0 Å². The third-order valence-corrected chi connectivity index (χ3v) is 5.14. The molecule has 3 rings (SSSR count). The molecule has 0 spiro atoms. The van der Waals surface area contributed by atoms with E-state index in [0.29, 0.717) is 19.0 Å². The number of hydrogen-bond donors (Lipinski definition) is 0. The minimum atomic E-state index is -0.486. The summed E-state index contributed by atoms with van der Waals surface area (Å²) in [4.78, 5) is 18.2. The zero-order chi connectivity index (χ0) is 20.9. The molecule has 156 valence electrons. The molecule has 0 bridgehead atoms. The number of hydrogen-bond acceptors (Lipinski definition) is 4. The fraction of sp³-hybridized carbons (Fsp3) is 0.478. The van der Waals surface area contributed by atoms with Crippen molar-refractivity contribution in [2.24, 2.45) is 0 Å². The maximum absolute atomic E-state index is 12.2. The number of carbonyl (C=O) groups is 1. The number of aromatic nitrogens is 1. The van der Waals surface area contributed by atoms with Crippen molar-refractivity contribution in [1.29, 1.82) is 0 Å². The van der Waals surface area contributed by atoms with Crippen LogP contribution in [0.5, 0.6) is 5.75 Å². The molecule has 0 radical (unpaired) electrons. The maximum Gasteiger partial charge on any atom is 0.410 e. The van der Waals surface area contributed by atoms with Crippen molar-refractivity contribution < 1.29 is 14.3 Å². The van der Waals surface area contributed by atoms with E-state index < -0.39 is 5.60 Å². The van der Waals surface area contributed by atoms with E-state index in [2.05, 4.69) is 17.1 Å². The summed E-state index contributed by atoms with van der Waals surface area (Å²) in [6.07, 6.45) is 6.03. The number of carbonyl (C=O) groups excluding carboxylic acids is 1. The average Bonchev–Trinajstić information content (AvgIpc) is 2.64. The number of aryl methyl sites for hydroxylation is 2. The molecule has 1 unspecified atom stereocenters. The minimum Gasteiger partial charge on any atom is -0.490 e. The highest BCUT2D eigenvalue weighted by molar-refractivity contribution is 6.17. The Kier molecular flexibility index (Phi) is 7.01. The van der Waals surface area contributed by atoms with Crippen LogP contribution in [0, 0.1) is 0 Å². The van der Waals surface area contributed by atoms with Gasteiger partial charge in [-0.25, -0.2) is 4.79 Å². The SMILES string of the molecule is CC(C)(C)OC(=O)N1CCC1COc1cncc(CCc2cccc(CCl)c2)c1. The largest absolute Gasteiger partial charge is 0.490 e. The normalized spacial score (nSPS) is 16.3. The van der Waals surface area contributed by atoms with E-state index in [1.165, 1.54) is 5.56 Å². The quantitative estimate of drug-likeness (QED) is 0.596. The Hall–Kier alpha value is -2.27. The summed E-state index contributed by atoms with van der Waals surface area (Å²) in [7, 11) is 0. The molecule has 1 atom stereocenters. The van der Waals surface area contributed by atoms with Gasteiger partial charge in [-0.15, -0.1) is 11.6 Å². The van der Waals surface area contributed by atoms with Crippen molar-refractivity contribution in [3.05, 3.63) is 59.4 Å². The molecule has 1 aliphatic rings. The number of benzene rings is 1. The monoisotopic (exact) mass is 416 g/mol. The highest BCUT2D eigenvalue weighted by Crippen LogP contribution is 2.23. The van der Waals surface area contributed by atoms with Gasteiger partial charge >= 0.3 is 6.09 Å². The molecule has 0 saturated carbocycles. The van der Waals surface area contributed by atoms with Crippen LogP contribution in [-0.4, -0.2) is 40.8 Å². The van der Waals surface area contributed by atoms with Gasteiger partial charge in [0, 0.05) is 18.6 Å². The molecule has 1 aliphatic heterocycles. The summed E-state index contributed by atoms with van der Waals surface area (Å²) in [6, 6.07) is 10.4. The molecule has 1 saturated heterocycles. The molecular weight excluding hydrogens is 388 g/mol. The van der Waals surface area contributed by atoms with E-state index in [4.69, 9.17) is 21.1 Å². The number of amides is 1. The van der Waals surface area contributed by atoms with Crippen LogP contribution >= 0.6 is 11.6 Å². The molecule has 2 heterocycles. The molecule has 1 fully saturated rings. The van der Waals surface area contributed by atoms with Gasteiger partial charge < -0.3 is 14.4 Å². The van der Waals surface area contributed by atoms with Gasteiger partial charge in [-0.2, -0.15) is 0 Å². The molecule has 0 aliphatic carbocycles. The third kappa shape index (κ3) is 6.36. The van der Waals surface area contributed by atoms with Crippen molar-refractivity contribution in [2.75, 3.05) is 13.2 Å². The second-order valence-corrected chi connectivity index (χ2v) is 8.68. The van der Waals surface area contributed by atoms with Gasteiger partial charge in [0.1, 0.15) is 18.0 Å². The first-order chi connectivity index (χ1) is 13.8. The highest BCUT2D eigenvalue weighted by atomic mass is 35.5. The molecule has 2 aromatic rings. The van der Waals surface area contributed by atoms with Gasteiger partial charge in [0.2, 0.25) is 0 Å². The van der Waals surface area contributed by atoms with Gasteiger partial charge in [-0.3, -0.25) is 4.98 Å². The Morgan fingerprint density at radius 3 is 2.62 bits per heavy atom. The van der Waals surface area contributed by atoms with Crippen molar-refractivity contribution in [3.8, 4) is 5.75 Å². The van der Waals surface area contributed by atoms with Crippen molar-refractivity contribution in [1.82, 2.24) is 9.88 Å². The number of ether oxygens (including phenoxy) is 2. The molecule has 29 heavy (non-hydrogen) atoms. The molecule has 1 aromatic heterocycles. The van der Waals surface area contributed by atoms with Crippen LogP contribution in [0.2, 0.25) is 0 Å². The molecule has 6 heteroatoms. The zero-order valence-corrected chi connectivity index (χ0v) is 18.1. The zero-order valence-electron chi connectivity index (χ0n) is 17.4. The standard InChI is InChI=1S/C23H29ClN2O3/c1-23(2,3)29-22(27)26-10-9-20(26)16-28-21-12-19(14-25-15-21)8-7-17-5-4-6-18(11-17)13-24/h4-6,11-12,14-15,20H,7-10,13,16H2,1-3H3. The highest BCUT2D eigenvalue weighted by Gasteiger charge is 2.35. The smallest absolute Gasteiger partial charge is 0.410 e. The topological polar surface area (TPSA) is 51.7 Å². The first kappa shape index (κ1) is 21.4. The van der Waals surface area contributed by atoms with E-state index in [0.717, 1.165) is 36.1 Å². The predicted molar refractivity (Wildman–Crippen MR) is 114 cm³/mol. The maximum atomic E-state index is 12.2. The summed E-state index contributed by atoms with van der Waals surface area (Å²) in [5.41, 5.74) is 3.03. The summed E-state index contributed by atoms with van der Waals surface area (Å²) in [5.74, 6) is 1.26. The predicted octanol–water partition coefficient (Wildman–Crippen LogP) is 4.99. The lowest BCUT2D eigenvalue weighted by Gasteiger charge is -2.40. The van der Waals surface area contributed by atoms with Crippen LogP contribution in [0.15, 0.2) is 42.7 Å². The number of rotatable bonds is 7. The van der Waals surface area contributed by atoms with Crippen LogP contribution in [0.1, 0.15) is 43.9 Å². The van der Waals surface area contributed by atoms with E-state index in [1.807, 2.05) is 45.2 Å². The summed E-state index contributed by atoms with van der Waals surface area (Å²) in [5, 5.41) is 0. The molecular formula is C23H29ClN2O3. The lowest BCUT2D eigenvalue weighted by atomic mass is 10.0. The minimum absolute atomic E-state index is 0.0480. The fourth-order valence-corrected chi connectivity index (χ4v) is 3.37. The molecule has 1 amide bonds. The first-order valence-corrected chi connectivity index (χ1v) is 10.6. The number of likely N-dealkylation sites (tertiary alicyclic amines) is 1. The molecule has 1 aromatic carbocycles.